The van der Waals surface area contributed by atoms with Gasteiger partial charge in [-0.1, -0.05) is 6.92 Å². The van der Waals surface area contributed by atoms with Crippen molar-refractivity contribution < 1.29 is 13.5 Å². The molecule has 0 aliphatic carbocycles. The first-order chi connectivity index (χ1) is 9.32. The number of sulfonamides is 1. The van der Waals surface area contributed by atoms with E-state index in [1.54, 1.807) is 6.07 Å². The predicted octanol–water partition coefficient (Wildman–Crippen LogP) is 1.51. The van der Waals surface area contributed by atoms with Crippen molar-refractivity contribution in [3.8, 4) is 0 Å². The van der Waals surface area contributed by atoms with Crippen LogP contribution >= 0.6 is 11.3 Å². The van der Waals surface area contributed by atoms with Gasteiger partial charge in [0, 0.05) is 24.5 Å². The molecule has 5 nitrogen and oxygen atoms in total. The Morgan fingerprint density at radius 1 is 1.25 bits per heavy atom. The quantitative estimate of drug-likeness (QED) is 0.789. The topological polar surface area (TPSA) is 60.9 Å². The second-order valence-electron chi connectivity index (χ2n) is 5.04. The van der Waals surface area contributed by atoms with Crippen LogP contribution in [-0.4, -0.2) is 56.5 Å². The summed E-state index contributed by atoms with van der Waals surface area (Å²) in [6.45, 7) is 5.37. The Kier molecular flexibility index (Phi) is 6.60. The van der Waals surface area contributed by atoms with Crippen molar-refractivity contribution in [2.45, 2.75) is 31.1 Å². The lowest BCUT2D eigenvalue weighted by atomic mass is 10.3. The van der Waals surface area contributed by atoms with Gasteiger partial charge >= 0.3 is 0 Å². The lowest BCUT2D eigenvalue weighted by Crippen LogP contribution is -2.36. The van der Waals surface area contributed by atoms with E-state index < -0.39 is 10.0 Å². The van der Waals surface area contributed by atoms with Crippen LogP contribution in [0.3, 0.4) is 0 Å². The second-order valence-corrected chi connectivity index (χ2v) is 8.34. The zero-order valence-corrected chi connectivity index (χ0v) is 14.2. The van der Waals surface area contributed by atoms with Gasteiger partial charge in [-0.3, -0.25) is 0 Å². The summed E-state index contributed by atoms with van der Waals surface area (Å²) in [7, 11) is 0.396. The van der Waals surface area contributed by atoms with Crippen LogP contribution in [0.15, 0.2) is 10.3 Å². The summed E-state index contributed by atoms with van der Waals surface area (Å²) in [4.78, 5) is 2.68. The third-order valence-corrected chi connectivity index (χ3v) is 6.58. The Balaban J connectivity index is 3.02. The van der Waals surface area contributed by atoms with Crippen molar-refractivity contribution in [3.05, 3.63) is 16.5 Å². The molecule has 0 saturated heterocycles. The van der Waals surface area contributed by atoms with E-state index in [0.717, 1.165) is 23.3 Å². The summed E-state index contributed by atoms with van der Waals surface area (Å²) in [6, 6.07) is 1.66. The van der Waals surface area contributed by atoms with Gasteiger partial charge in [0.2, 0.25) is 0 Å². The van der Waals surface area contributed by atoms with Crippen LogP contribution in [0.1, 0.15) is 23.8 Å². The van der Waals surface area contributed by atoms with Crippen LogP contribution in [0.25, 0.3) is 0 Å². The van der Waals surface area contributed by atoms with Gasteiger partial charge in [-0.2, -0.15) is 4.31 Å². The Morgan fingerprint density at radius 2 is 1.90 bits per heavy atom. The van der Waals surface area contributed by atoms with Crippen LogP contribution in [-0.2, 0) is 16.6 Å². The molecule has 0 bridgehead atoms. The molecule has 0 aliphatic rings. The molecule has 0 aliphatic heterocycles. The van der Waals surface area contributed by atoms with Gasteiger partial charge in [-0.25, -0.2) is 8.42 Å². The maximum Gasteiger partial charge on any atom is 0.252 e. The number of likely N-dealkylation sites (N-methyl/N-ethyl adjacent to an activating group) is 1. The normalized spacial score (nSPS) is 12.6. The fraction of sp³-hybridized carbons (Fsp3) is 0.692. The smallest absolute Gasteiger partial charge is 0.252 e. The van der Waals surface area contributed by atoms with E-state index >= 15 is 0 Å². The van der Waals surface area contributed by atoms with Crippen molar-refractivity contribution in [1.82, 2.24) is 9.21 Å². The van der Waals surface area contributed by atoms with E-state index in [1.807, 2.05) is 32.8 Å². The predicted molar refractivity (Wildman–Crippen MR) is 82.6 cm³/mol. The molecule has 0 fully saturated rings. The number of rotatable bonds is 8. The zero-order chi connectivity index (χ0) is 15.3. The second kappa shape index (κ2) is 7.51. The van der Waals surface area contributed by atoms with Crippen LogP contribution < -0.4 is 0 Å². The van der Waals surface area contributed by atoms with Crippen molar-refractivity contribution in [1.29, 1.82) is 0 Å². The maximum atomic E-state index is 12.7. The summed E-state index contributed by atoms with van der Waals surface area (Å²) in [5.41, 5.74) is 0.833. The number of thiophene rings is 1. The van der Waals surface area contributed by atoms with E-state index in [2.05, 4.69) is 0 Å². The monoisotopic (exact) mass is 320 g/mol. The molecule has 20 heavy (non-hydrogen) atoms. The summed E-state index contributed by atoms with van der Waals surface area (Å²) < 4.78 is 27.2. The van der Waals surface area contributed by atoms with Gasteiger partial charge in [0.1, 0.15) is 4.21 Å². The molecule has 0 radical (unpaired) electrons. The Morgan fingerprint density at radius 3 is 2.35 bits per heavy atom. The summed E-state index contributed by atoms with van der Waals surface area (Å²) in [5, 5.41) is 9.21. The molecule has 1 rings (SSSR count). The lowest BCUT2D eigenvalue weighted by Gasteiger charge is -2.22. The third-order valence-electron chi connectivity index (χ3n) is 3.01. The van der Waals surface area contributed by atoms with Gasteiger partial charge in [0.05, 0.1) is 6.61 Å². The minimum Gasteiger partial charge on any atom is -0.391 e. The van der Waals surface area contributed by atoms with Gasteiger partial charge in [-0.15, -0.1) is 11.3 Å². The van der Waals surface area contributed by atoms with E-state index in [-0.39, 0.29) is 6.61 Å². The summed E-state index contributed by atoms with van der Waals surface area (Å²) in [5.74, 6) is 0. The van der Waals surface area contributed by atoms with Gasteiger partial charge < -0.3 is 10.0 Å². The number of nitrogens with zero attached hydrogens (tertiary/aromatic N) is 2. The van der Waals surface area contributed by atoms with Crippen molar-refractivity contribution >= 4 is 21.4 Å². The lowest BCUT2D eigenvalue weighted by molar-refractivity contribution is 0.285. The molecular formula is C13H24N2O3S2. The fourth-order valence-corrected chi connectivity index (χ4v) is 4.94. The van der Waals surface area contributed by atoms with E-state index in [4.69, 9.17) is 0 Å². The van der Waals surface area contributed by atoms with Gasteiger partial charge in [0.15, 0.2) is 0 Å². The van der Waals surface area contributed by atoms with Gasteiger partial charge in [-0.05, 0) is 39.1 Å². The third kappa shape index (κ3) is 4.26. The molecule has 1 aromatic heterocycles. The molecule has 0 spiro atoms. The van der Waals surface area contributed by atoms with E-state index in [1.165, 1.54) is 4.31 Å². The van der Waals surface area contributed by atoms with E-state index in [9.17, 15) is 13.5 Å². The molecule has 0 atom stereocenters. The Labute approximate surface area is 125 Å². The molecule has 1 aromatic rings. The van der Waals surface area contributed by atoms with Crippen molar-refractivity contribution in [3.63, 3.8) is 0 Å². The molecule has 0 amide bonds. The molecule has 0 saturated carbocycles. The Hall–Kier alpha value is -0.470. The highest BCUT2D eigenvalue weighted by atomic mass is 32.2. The number of hydrogen-bond donors (Lipinski definition) is 1. The highest BCUT2D eigenvalue weighted by Crippen LogP contribution is 2.28. The molecule has 7 heteroatoms. The number of aliphatic hydroxyl groups excluding tert-OH is 1. The molecule has 116 valence electrons. The first-order valence-corrected chi connectivity index (χ1v) is 8.93. The minimum absolute atomic E-state index is 0.114. The highest BCUT2D eigenvalue weighted by molar-refractivity contribution is 7.91. The summed E-state index contributed by atoms with van der Waals surface area (Å²) >= 11 is 1.16. The molecule has 1 N–H and O–H groups in total. The van der Waals surface area contributed by atoms with Gasteiger partial charge in [0.25, 0.3) is 10.0 Å². The standard InChI is InChI=1S/C13H24N2O3S2/c1-5-6-15(8-7-14(3)4)20(17,18)13-9-11(2)12(10-16)19-13/h9,16H,5-8,10H2,1-4H3. The van der Waals surface area contributed by atoms with Crippen molar-refractivity contribution in [2.75, 3.05) is 33.7 Å². The zero-order valence-electron chi connectivity index (χ0n) is 12.6. The number of hydrogen-bond acceptors (Lipinski definition) is 5. The van der Waals surface area contributed by atoms with Crippen LogP contribution in [0.5, 0.6) is 0 Å². The average molecular weight is 320 g/mol. The maximum absolute atomic E-state index is 12.7. The molecule has 0 aromatic carbocycles. The summed E-state index contributed by atoms with van der Waals surface area (Å²) in [6.07, 6.45) is 0.782. The largest absolute Gasteiger partial charge is 0.391 e. The molecule has 1 heterocycles. The average Bonchev–Trinajstić information content (AvgIpc) is 2.76. The van der Waals surface area contributed by atoms with Crippen LogP contribution in [0, 0.1) is 6.92 Å². The number of aryl methyl sites for hydroxylation is 1. The molecule has 0 unspecified atom stereocenters. The van der Waals surface area contributed by atoms with Crippen LogP contribution in [0.2, 0.25) is 0 Å². The Bertz CT molecular complexity index is 524. The minimum atomic E-state index is -3.46. The number of aliphatic hydroxyl groups is 1. The SMILES string of the molecule is CCCN(CCN(C)C)S(=O)(=O)c1cc(C)c(CO)s1. The van der Waals surface area contributed by atoms with Crippen molar-refractivity contribution in [2.24, 2.45) is 0 Å². The fourth-order valence-electron chi connectivity index (χ4n) is 1.81. The first kappa shape index (κ1) is 17.6. The van der Waals surface area contributed by atoms with Crippen LogP contribution in [0.4, 0.5) is 0 Å². The van der Waals surface area contributed by atoms with E-state index in [0.29, 0.717) is 28.7 Å². The first-order valence-electron chi connectivity index (χ1n) is 6.68. The highest BCUT2D eigenvalue weighted by Gasteiger charge is 2.26. The molecular weight excluding hydrogens is 296 g/mol.